The van der Waals surface area contributed by atoms with Crippen molar-refractivity contribution in [3.8, 4) is 5.75 Å². The van der Waals surface area contributed by atoms with Gasteiger partial charge >= 0.3 is 0 Å². The van der Waals surface area contributed by atoms with Crippen LogP contribution in [0.5, 0.6) is 5.75 Å². The molecule has 0 aromatic heterocycles. The van der Waals surface area contributed by atoms with Crippen LogP contribution in [0, 0.1) is 5.92 Å². The average molecular weight is 292 g/mol. The molecule has 2 atom stereocenters. The van der Waals surface area contributed by atoms with Crippen molar-refractivity contribution in [3.05, 3.63) is 30.3 Å². The zero-order chi connectivity index (χ0) is 15.1. The molecule has 1 aliphatic heterocycles. The molecule has 2 rings (SSSR count). The van der Waals surface area contributed by atoms with E-state index in [2.05, 4.69) is 24.1 Å². The van der Waals surface area contributed by atoms with E-state index in [0.717, 1.165) is 12.3 Å². The number of hydrogen-bond acceptors (Lipinski definition) is 4. The van der Waals surface area contributed by atoms with E-state index in [1.807, 2.05) is 30.3 Å². The molecule has 0 spiro atoms. The Balaban J connectivity index is 1.56. The first-order valence-corrected chi connectivity index (χ1v) is 7.96. The summed E-state index contributed by atoms with van der Waals surface area (Å²) in [5, 5.41) is 13.3. The largest absolute Gasteiger partial charge is 0.491 e. The summed E-state index contributed by atoms with van der Waals surface area (Å²) >= 11 is 0. The molecule has 0 aliphatic carbocycles. The molecule has 0 bridgehead atoms. The van der Waals surface area contributed by atoms with E-state index >= 15 is 0 Å². The molecule has 118 valence electrons. The summed E-state index contributed by atoms with van der Waals surface area (Å²) in [5.41, 5.74) is 0. The minimum atomic E-state index is -0.465. The molecule has 1 aromatic rings. The van der Waals surface area contributed by atoms with Crippen molar-refractivity contribution in [3.63, 3.8) is 0 Å². The molecule has 2 unspecified atom stereocenters. The predicted molar refractivity (Wildman–Crippen MR) is 85.6 cm³/mol. The Morgan fingerprint density at radius 1 is 1.33 bits per heavy atom. The van der Waals surface area contributed by atoms with E-state index in [1.165, 1.54) is 19.5 Å². The number of nitrogens with one attached hydrogen (secondary N) is 1. The molecule has 0 saturated carbocycles. The summed E-state index contributed by atoms with van der Waals surface area (Å²) in [6.45, 7) is 8.77. The van der Waals surface area contributed by atoms with Crippen LogP contribution in [0.3, 0.4) is 0 Å². The highest BCUT2D eigenvalue weighted by atomic mass is 16.5. The first kappa shape index (κ1) is 16.3. The minimum absolute atomic E-state index is 0.333. The van der Waals surface area contributed by atoms with Gasteiger partial charge in [0.05, 0.1) is 0 Å². The monoisotopic (exact) mass is 292 g/mol. The molecule has 1 aromatic carbocycles. The minimum Gasteiger partial charge on any atom is -0.491 e. The SMILES string of the molecule is CC(C)N1CCC(CNCC(O)COc2ccccc2)C1. The fraction of sp³-hybridized carbons (Fsp3) is 0.647. The van der Waals surface area contributed by atoms with E-state index in [1.54, 1.807) is 0 Å². The summed E-state index contributed by atoms with van der Waals surface area (Å²) in [6.07, 6.45) is 0.787. The number of rotatable bonds is 8. The maximum absolute atomic E-state index is 9.93. The molecule has 1 heterocycles. The topological polar surface area (TPSA) is 44.7 Å². The van der Waals surface area contributed by atoms with Gasteiger partial charge in [-0.15, -0.1) is 0 Å². The molecule has 0 radical (unpaired) electrons. The van der Waals surface area contributed by atoms with Crippen molar-refractivity contribution in [1.82, 2.24) is 10.2 Å². The fourth-order valence-electron chi connectivity index (χ4n) is 2.72. The molecular weight excluding hydrogens is 264 g/mol. The van der Waals surface area contributed by atoms with Crippen LogP contribution >= 0.6 is 0 Å². The number of nitrogens with zero attached hydrogens (tertiary/aromatic N) is 1. The van der Waals surface area contributed by atoms with E-state index in [9.17, 15) is 5.11 Å². The van der Waals surface area contributed by atoms with E-state index in [4.69, 9.17) is 4.74 Å². The van der Waals surface area contributed by atoms with Gasteiger partial charge in [-0.25, -0.2) is 0 Å². The molecule has 2 N–H and O–H groups in total. The molecule has 21 heavy (non-hydrogen) atoms. The summed E-state index contributed by atoms with van der Waals surface area (Å²) in [5.74, 6) is 1.51. The van der Waals surface area contributed by atoms with Crippen molar-refractivity contribution < 1.29 is 9.84 Å². The lowest BCUT2D eigenvalue weighted by Crippen LogP contribution is -2.35. The maximum atomic E-state index is 9.93. The van der Waals surface area contributed by atoms with Crippen LogP contribution in [0.15, 0.2) is 30.3 Å². The van der Waals surface area contributed by atoms with Crippen LogP contribution in [-0.4, -0.2) is 54.9 Å². The third kappa shape index (κ3) is 5.65. The molecular formula is C17H28N2O2. The van der Waals surface area contributed by atoms with Gasteiger partial charge in [-0.2, -0.15) is 0 Å². The van der Waals surface area contributed by atoms with Gasteiger partial charge in [0.25, 0.3) is 0 Å². The number of likely N-dealkylation sites (tertiary alicyclic amines) is 1. The first-order valence-electron chi connectivity index (χ1n) is 7.96. The lowest BCUT2D eigenvalue weighted by Gasteiger charge is -2.20. The predicted octanol–water partition coefficient (Wildman–Crippen LogP) is 1.75. The lowest BCUT2D eigenvalue weighted by molar-refractivity contribution is 0.105. The van der Waals surface area contributed by atoms with Gasteiger partial charge in [0.2, 0.25) is 0 Å². The van der Waals surface area contributed by atoms with Crippen molar-refractivity contribution in [2.75, 3.05) is 32.8 Å². The Bertz CT molecular complexity index is 397. The molecule has 1 saturated heterocycles. The van der Waals surface area contributed by atoms with Gasteiger partial charge in [-0.1, -0.05) is 18.2 Å². The molecule has 1 fully saturated rings. The number of aliphatic hydroxyl groups is 1. The van der Waals surface area contributed by atoms with Crippen LogP contribution < -0.4 is 10.1 Å². The number of hydrogen-bond donors (Lipinski definition) is 2. The normalized spacial score (nSPS) is 20.9. The summed E-state index contributed by atoms with van der Waals surface area (Å²) in [6, 6.07) is 10.3. The molecule has 4 nitrogen and oxygen atoms in total. The van der Waals surface area contributed by atoms with Crippen molar-refractivity contribution in [2.45, 2.75) is 32.4 Å². The second-order valence-corrected chi connectivity index (χ2v) is 6.18. The van der Waals surface area contributed by atoms with Gasteiger partial charge in [0.15, 0.2) is 0 Å². The van der Waals surface area contributed by atoms with E-state index in [0.29, 0.717) is 25.1 Å². The summed E-state index contributed by atoms with van der Waals surface area (Å²) in [4.78, 5) is 2.52. The quantitative estimate of drug-likeness (QED) is 0.766. The highest BCUT2D eigenvalue weighted by Gasteiger charge is 2.23. The molecule has 4 heteroatoms. The Kier molecular flexibility index (Phi) is 6.49. The Morgan fingerprint density at radius 3 is 2.76 bits per heavy atom. The standard InChI is InChI=1S/C17H28N2O2/c1-14(2)19-9-8-15(12-19)10-18-11-16(20)13-21-17-6-4-3-5-7-17/h3-7,14-16,18,20H,8-13H2,1-2H3. The van der Waals surface area contributed by atoms with Crippen molar-refractivity contribution >= 4 is 0 Å². The molecule has 0 amide bonds. The zero-order valence-electron chi connectivity index (χ0n) is 13.2. The maximum Gasteiger partial charge on any atom is 0.119 e. The average Bonchev–Trinajstić information content (AvgIpc) is 2.95. The lowest BCUT2D eigenvalue weighted by atomic mass is 10.1. The van der Waals surface area contributed by atoms with Gasteiger partial charge < -0.3 is 20.1 Å². The second-order valence-electron chi connectivity index (χ2n) is 6.18. The van der Waals surface area contributed by atoms with E-state index in [-0.39, 0.29) is 0 Å². The highest BCUT2D eigenvalue weighted by molar-refractivity contribution is 5.20. The Hall–Kier alpha value is -1.10. The first-order chi connectivity index (χ1) is 10.1. The van der Waals surface area contributed by atoms with Crippen LogP contribution in [0.4, 0.5) is 0 Å². The smallest absolute Gasteiger partial charge is 0.119 e. The third-order valence-electron chi connectivity index (χ3n) is 4.05. The molecule has 1 aliphatic rings. The van der Waals surface area contributed by atoms with Gasteiger partial charge in [0.1, 0.15) is 18.5 Å². The fourth-order valence-corrected chi connectivity index (χ4v) is 2.72. The number of benzene rings is 1. The van der Waals surface area contributed by atoms with Gasteiger partial charge in [0, 0.05) is 19.1 Å². The number of para-hydroxylation sites is 1. The van der Waals surface area contributed by atoms with Crippen molar-refractivity contribution in [2.24, 2.45) is 5.92 Å². The second kappa shape index (κ2) is 8.37. The highest BCUT2D eigenvalue weighted by Crippen LogP contribution is 2.17. The Labute approximate surface area is 128 Å². The van der Waals surface area contributed by atoms with Gasteiger partial charge in [-0.05, 0) is 51.4 Å². The number of ether oxygens (including phenoxy) is 1. The van der Waals surface area contributed by atoms with E-state index < -0.39 is 6.10 Å². The third-order valence-corrected chi connectivity index (χ3v) is 4.05. The van der Waals surface area contributed by atoms with Gasteiger partial charge in [-0.3, -0.25) is 0 Å². The van der Waals surface area contributed by atoms with Crippen LogP contribution in [0.2, 0.25) is 0 Å². The zero-order valence-corrected chi connectivity index (χ0v) is 13.2. The van der Waals surface area contributed by atoms with Crippen LogP contribution in [-0.2, 0) is 0 Å². The Morgan fingerprint density at radius 2 is 2.10 bits per heavy atom. The summed E-state index contributed by atoms with van der Waals surface area (Å²) < 4.78 is 5.54. The number of aliphatic hydroxyl groups excluding tert-OH is 1. The van der Waals surface area contributed by atoms with Crippen LogP contribution in [0.1, 0.15) is 20.3 Å². The van der Waals surface area contributed by atoms with Crippen LogP contribution in [0.25, 0.3) is 0 Å². The van der Waals surface area contributed by atoms with Crippen molar-refractivity contribution in [1.29, 1.82) is 0 Å². The summed E-state index contributed by atoms with van der Waals surface area (Å²) in [7, 11) is 0.